The Hall–Kier alpha value is -4.50. The summed E-state index contributed by atoms with van der Waals surface area (Å²) in [5.74, 6) is -0.762. The van der Waals surface area contributed by atoms with Crippen LogP contribution in [0.2, 0.25) is 0 Å². The van der Waals surface area contributed by atoms with Gasteiger partial charge < -0.3 is 4.74 Å². The molecule has 0 heterocycles. The first kappa shape index (κ1) is 20.8. The van der Waals surface area contributed by atoms with Crippen molar-refractivity contribution in [3.05, 3.63) is 113 Å². The lowest BCUT2D eigenvalue weighted by Gasteiger charge is -2.07. The Bertz CT molecular complexity index is 1340. The third-order valence-corrected chi connectivity index (χ3v) is 4.82. The Morgan fingerprint density at radius 2 is 1.78 bits per heavy atom. The number of nitrogens with one attached hydrogen (secondary N) is 1. The van der Waals surface area contributed by atoms with Gasteiger partial charge in [-0.05, 0) is 70.4 Å². The zero-order valence-corrected chi connectivity index (χ0v) is 17.0. The first-order chi connectivity index (χ1) is 15.6. The molecule has 1 N–H and O–H groups in total. The summed E-state index contributed by atoms with van der Waals surface area (Å²) in [7, 11) is 0. The third-order valence-electron chi connectivity index (χ3n) is 4.82. The summed E-state index contributed by atoms with van der Waals surface area (Å²) >= 11 is 0. The number of ether oxygens (including phenoxy) is 1. The van der Waals surface area contributed by atoms with E-state index in [0.29, 0.717) is 12.4 Å². The van der Waals surface area contributed by atoms with Gasteiger partial charge in [0.1, 0.15) is 18.2 Å². The molecule has 0 fully saturated rings. The standard InChI is InChI=1S/C26H18FN3O2/c27-25-14-19(15-28)8-12-24(25)26(31)30-29-16-18-6-10-23(11-7-18)32-17-20-5-9-21-3-1-2-4-22(21)13-20/h1-14,16H,17H2,(H,30,31)/b29-16-. The van der Waals surface area contributed by atoms with Crippen LogP contribution < -0.4 is 10.2 Å². The molecule has 0 spiro atoms. The molecule has 6 heteroatoms. The average Bonchev–Trinajstić information content (AvgIpc) is 2.83. The molecule has 156 valence electrons. The largest absolute Gasteiger partial charge is 0.489 e. The molecule has 0 aliphatic carbocycles. The summed E-state index contributed by atoms with van der Waals surface area (Å²) in [6.45, 7) is 0.449. The Labute approximate surface area is 184 Å². The van der Waals surface area contributed by atoms with E-state index in [1.807, 2.05) is 36.4 Å². The van der Waals surface area contributed by atoms with Gasteiger partial charge in [0.05, 0.1) is 23.4 Å². The van der Waals surface area contributed by atoms with Crippen LogP contribution in [-0.4, -0.2) is 12.1 Å². The molecule has 0 aliphatic heterocycles. The number of rotatable bonds is 6. The molecule has 0 radical (unpaired) electrons. The van der Waals surface area contributed by atoms with Gasteiger partial charge in [-0.1, -0.05) is 36.4 Å². The van der Waals surface area contributed by atoms with Crippen molar-refractivity contribution in [3.8, 4) is 11.8 Å². The molecule has 1 amide bonds. The van der Waals surface area contributed by atoms with Crippen LogP contribution in [0.3, 0.4) is 0 Å². The molecule has 0 aliphatic rings. The molecule has 4 rings (SSSR count). The number of halogens is 1. The molecule has 4 aromatic rings. The highest BCUT2D eigenvalue weighted by Gasteiger charge is 2.11. The number of nitrogens with zero attached hydrogens (tertiary/aromatic N) is 2. The van der Waals surface area contributed by atoms with Gasteiger partial charge >= 0.3 is 0 Å². The SMILES string of the molecule is N#Cc1ccc(C(=O)N/N=C\c2ccc(OCc3ccc4ccccc4c3)cc2)c(F)c1. The van der Waals surface area contributed by atoms with Crippen LogP contribution in [0.1, 0.15) is 27.0 Å². The van der Waals surface area contributed by atoms with Gasteiger partial charge in [0.25, 0.3) is 5.91 Å². The van der Waals surface area contributed by atoms with Crippen LogP contribution in [0.25, 0.3) is 10.8 Å². The molecular weight excluding hydrogens is 405 g/mol. The van der Waals surface area contributed by atoms with E-state index < -0.39 is 11.7 Å². The minimum absolute atomic E-state index is 0.144. The number of fused-ring (bicyclic) bond motifs is 1. The van der Waals surface area contributed by atoms with Crippen LogP contribution in [0.5, 0.6) is 5.75 Å². The van der Waals surface area contributed by atoms with Gasteiger partial charge in [0, 0.05) is 0 Å². The summed E-state index contributed by atoms with van der Waals surface area (Å²) in [6.07, 6.45) is 1.45. The number of hydrogen-bond acceptors (Lipinski definition) is 4. The number of carbonyl (C=O) groups excluding carboxylic acids is 1. The Morgan fingerprint density at radius 1 is 1.00 bits per heavy atom. The zero-order chi connectivity index (χ0) is 22.3. The van der Waals surface area contributed by atoms with Gasteiger partial charge in [0.2, 0.25) is 0 Å². The predicted octanol–water partition coefficient (Wildman–Crippen LogP) is 5.19. The summed E-state index contributed by atoms with van der Waals surface area (Å²) in [4.78, 5) is 12.0. The number of hydrazone groups is 1. The van der Waals surface area contributed by atoms with E-state index >= 15 is 0 Å². The zero-order valence-electron chi connectivity index (χ0n) is 17.0. The smallest absolute Gasteiger partial charge is 0.274 e. The fourth-order valence-electron chi connectivity index (χ4n) is 3.14. The summed E-state index contributed by atoms with van der Waals surface area (Å²) in [5, 5.41) is 15.0. The third kappa shape index (κ3) is 4.97. The van der Waals surface area contributed by atoms with Crippen molar-refractivity contribution in [1.82, 2.24) is 5.43 Å². The van der Waals surface area contributed by atoms with E-state index in [2.05, 4.69) is 34.8 Å². The van der Waals surface area contributed by atoms with Crippen molar-refractivity contribution in [3.63, 3.8) is 0 Å². The fourth-order valence-corrected chi connectivity index (χ4v) is 3.14. The Morgan fingerprint density at radius 3 is 2.53 bits per heavy atom. The maximum Gasteiger partial charge on any atom is 0.274 e. The Kier molecular flexibility index (Phi) is 6.19. The average molecular weight is 423 g/mol. The number of hydrogen-bond donors (Lipinski definition) is 1. The number of nitriles is 1. The van der Waals surface area contributed by atoms with E-state index in [-0.39, 0.29) is 11.1 Å². The molecule has 32 heavy (non-hydrogen) atoms. The van der Waals surface area contributed by atoms with E-state index in [9.17, 15) is 9.18 Å². The molecule has 0 aromatic heterocycles. The van der Waals surface area contributed by atoms with Crippen molar-refractivity contribution >= 4 is 22.9 Å². The monoisotopic (exact) mass is 423 g/mol. The molecule has 0 atom stereocenters. The number of benzene rings is 4. The number of carbonyl (C=O) groups is 1. The van der Waals surface area contributed by atoms with E-state index in [4.69, 9.17) is 10.00 Å². The highest BCUT2D eigenvalue weighted by molar-refractivity contribution is 5.95. The molecule has 0 bridgehead atoms. The molecule has 5 nitrogen and oxygen atoms in total. The van der Waals surface area contributed by atoms with Gasteiger partial charge in [-0.25, -0.2) is 9.82 Å². The van der Waals surface area contributed by atoms with Crippen molar-refractivity contribution in [2.24, 2.45) is 5.10 Å². The number of amides is 1. The normalized spacial score (nSPS) is 10.8. The van der Waals surface area contributed by atoms with Crippen molar-refractivity contribution in [1.29, 1.82) is 5.26 Å². The second kappa shape index (κ2) is 9.54. The highest BCUT2D eigenvalue weighted by atomic mass is 19.1. The van der Waals surface area contributed by atoms with Crippen LogP contribution in [-0.2, 0) is 6.61 Å². The lowest BCUT2D eigenvalue weighted by atomic mass is 10.1. The van der Waals surface area contributed by atoms with Gasteiger partial charge in [-0.2, -0.15) is 10.4 Å². The maximum absolute atomic E-state index is 13.9. The minimum atomic E-state index is -0.773. The molecule has 0 saturated heterocycles. The van der Waals surface area contributed by atoms with Crippen molar-refractivity contribution in [2.75, 3.05) is 0 Å². The van der Waals surface area contributed by atoms with Crippen molar-refractivity contribution in [2.45, 2.75) is 6.61 Å². The maximum atomic E-state index is 13.9. The van der Waals surface area contributed by atoms with E-state index in [1.165, 1.54) is 29.1 Å². The van der Waals surface area contributed by atoms with Gasteiger partial charge in [0.15, 0.2) is 0 Å². The summed E-state index contributed by atoms with van der Waals surface area (Å²) < 4.78 is 19.7. The Balaban J connectivity index is 1.32. The lowest BCUT2D eigenvalue weighted by molar-refractivity contribution is 0.0951. The second-order valence-corrected chi connectivity index (χ2v) is 7.04. The predicted molar refractivity (Wildman–Crippen MR) is 121 cm³/mol. The first-order valence-electron chi connectivity index (χ1n) is 9.86. The van der Waals surface area contributed by atoms with Crippen LogP contribution in [0.15, 0.2) is 90.0 Å². The van der Waals surface area contributed by atoms with Crippen molar-refractivity contribution < 1.29 is 13.9 Å². The minimum Gasteiger partial charge on any atom is -0.489 e. The second-order valence-electron chi connectivity index (χ2n) is 7.04. The van der Waals surface area contributed by atoms with Crippen LogP contribution in [0, 0.1) is 17.1 Å². The quantitative estimate of drug-likeness (QED) is 0.342. The highest BCUT2D eigenvalue weighted by Crippen LogP contribution is 2.18. The van der Waals surface area contributed by atoms with Gasteiger partial charge in [-0.15, -0.1) is 0 Å². The molecular formula is C26H18FN3O2. The topological polar surface area (TPSA) is 74.5 Å². The first-order valence-corrected chi connectivity index (χ1v) is 9.86. The fraction of sp³-hybridized carbons (Fsp3) is 0.0385. The van der Waals surface area contributed by atoms with Crippen LogP contribution in [0.4, 0.5) is 4.39 Å². The summed E-state index contributed by atoms with van der Waals surface area (Å²) in [5.41, 5.74) is 4.06. The molecule has 4 aromatic carbocycles. The van der Waals surface area contributed by atoms with E-state index in [1.54, 1.807) is 12.1 Å². The molecule has 0 unspecified atom stereocenters. The van der Waals surface area contributed by atoms with E-state index in [0.717, 1.165) is 17.2 Å². The van der Waals surface area contributed by atoms with Gasteiger partial charge in [-0.3, -0.25) is 4.79 Å². The lowest BCUT2D eigenvalue weighted by Crippen LogP contribution is -2.19. The molecule has 0 saturated carbocycles. The van der Waals surface area contributed by atoms with Crippen LogP contribution >= 0.6 is 0 Å². The summed E-state index contributed by atoms with van der Waals surface area (Å²) in [6, 6.07) is 27.1.